The van der Waals surface area contributed by atoms with Crippen molar-refractivity contribution in [3.63, 3.8) is 0 Å². The van der Waals surface area contributed by atoms with E-state index in [-0.39, 0.29) is 18.9 Å². The summed E-state index contributed by atoms with van der Waals surface area (Å²) in [6.45, 7) is 1.22. The van der Waals surface area contributed by atoms with Crippen LogP contribution in [-0.2, 0) is 16.0 Å². The number of benzene rings is 1. The number of carboxylic acid groups (broad SMARTS) is 1. The van der Waals surface area contributed by atoms with E-state index in [1.54, 1.807) is 18.3 Å². The van der Waals surface area contributed by atoms with Gasteiger partial charge in [-0.15, -0.1) is 0 Å². The second kappa shape index (κ2) is 7.24. The lowest BCUT2D eigenvalue weighted by molar-refractivity contribution is -0.141. The molecule has 2 rings (SSSR count). The highest BCUT2D eigenvalue weighted by Crippen LogP contribution is 2.22. The summed E-state index contributed by atoms with van der Waals surface area (Å²) in [4.78, 5) is 34.7. The SMILES string of the molecule is C[C@H](NC(=O)[C@@H](N)Cc1cn(C(=O)CN)c2ccccc12)C(=O)O. The van der Waals surface area contributed by atoms with Gasteiger partial charge in [0.2, 0.25) is 11.8 Å². The predicted octanol–water partition coefficient (Wildman–Crippen LogP) is -0.301. The third-order valence-corrected chi connectivity index (χ3v) is 3.74. The molecule has 0 saturated carbocycles. The van der Waals surface area contributed by atoms with E-state index in [9.17, 15) is 14.4 Å². The van der Waals surface area contributed by atoms with Gasteiger partial charge in [-0.25, -0.2) is 0 Å². The molecule has 0 saturated heterocycles. The maximum atomic E-state index is 12.0. The van der Waals surface area contributed by atoms with Gasteiger partial charge in [0.05, 0.1) is 18.1 Å². The molecule has 8 heteroatoms. The maximum Gasteiger partial charge on any atom is 0.325 e. The summed E-state index contributed by atoms with van der Waals surface area (Å²) in [7, 11) is 0. The van der Waals surface area contributed by atoms with Gasteiger partial charge in [-0.2, -0.15) is 0 Å². The Hall–Kier alpha value is -2.71. The molecule has 1 amide bonds. The predicted molar refractivity (Wildman–Crippen MR) is 88.5 cm³/mol. The fourth-order valence-electron chi connectivity index (χ4n) is 2.43. The highest BCUT2D eigenvalue weighted by atomic mass is 16.4. The molecular formula is C16H20N4O4. The van der Waals surface area contributed by atoms with E-state index in [4.69, 9.17) is 16.6 Å². The summed E-state index contributed by atoms with van der Waals surface area (Å²) in [5.74, 6) is -1.97. The summed E-state index contributed by atoms with van der Waals surface area (Å²) in [6, 6.07) is 5.28. The van der Waals surface area contributed by atoms with Gasteiger partial charge in [0.15, 0.2) is 0 Å². The minimum Gasteiger partial charge on any atom is -0.480 e. The molecule has 1 aromatic heterocycles. The van der Waals surface area contributed by atoms with Gasteiger partial charge in [-0.05, 0) is 25.0 Å². The highest BCUT2D eigenvalue weighted by molar-refractivity contribution is 5.95. The van der Waals surface area contributed by atoms with Crippen LogP contribution in [0.3, 0.4) is 0 Å². The van der Waals surface area contributed by atoms with Crippen LogP contribution in [-0.4, -0.2) is 46.1 Å². The average Bonchev–Trinajstić information content (AvgIpc) is 2.92. The highest BCUT2D eigenvalue weighted by Gasteiger charge is 2.22. The molecule has 2 aromatic rings. The summed E-state index contributed by atoms with van der Waals surface area (Å²) >= 11 is 0. The summed E-state index contributed by atoms with van der Waals surface area (Å²) < 4.78 is 1.44. The van der Waals surface area contributed by atoms with Crippen molar-refractivity contribution in [2.45, 2.75) is 25.4 Å². The normalized spacial score (nSPS) is 13.5. The fourth-order valence-corrected chi connectivity index (χ4v) is 2.43. The Balaban J connectivity index is 2.25. The van der Waals surface area contributed by atoms with E-state index < -0.39 is 24.0 Å². The Bertz CT molecular complexity index is 783. The van der Waals surface area contributed by atoms with Gasteiger partial charge in [-0.1, -0.05) is 18.2 Å². The minimum atomic E-state index is -1.14. The molecule has 8 nitrogen and oxygen atoms in total. The molecule has 6 N–H and O–H groups in total. The number of aromatic nitrogens is 1. The van der Waals surface area contributed by atoms with E-state index in [2.05, 4.69) is 5.32 Å². The summed E-state index contributed by atoms with van der Waals surface area (Å²) in [5, 5.41) is 12.0. The Morgan fingerprint density at radius 2 is 1.96 bits per heavy atom. The van der Waals surface area contributed by atoms with Crippen molar-refractivity contribution in [2.24, 2.45) is 11.5 Å². The fraction of sp³-hybridized carbons (Fsp3) is 0.312. The van der Waals surface area contributed by atoms with Gasteiger partial charge < -0.3 is 21.9 Å². The Labute approximate surface area is 138 Å². The smallest absolute Gasteiger partial charge is 0.325 e. The lowest BCUT2D eigenvalue weighted by Crippen LogP contribution is -2.48. The molecule has 2 atom stereocenters. The number of nitrogens with two attached hydrogens (primary N) is 2. The van der Waals surface area contributed by atoms with Crippen molar-refractivity contribution in [1.82, 2.24) is 9.88 Å². The van der Waals surface area contributed by atoms with Crippen molar-refractivity contribution < 1.29 is 19.5 Å². The number of hydrogen-bond acceptors (Lipinski definition) is 5. The molecule has 0 unspecified atom stereocenters. The molecular weight excluding hydrogens is 312 g/mol. The molecule has 1 heterocycles. The first-order valence-corrected chi connectivity index (χ1v) is 7.46. The standard InChI is InChI=1S/C16H20N4O4/c1-9(16(23)24)19-15(22)12(18)6-10-8-20(14(21)7-17)13-5-3-2-4-11(10)13/h2-5,8-9,12H,6-7,17-18H2,1H3,(H,19,22)(H,23,24)/t9-,12-/m0/s1. The molecule has 128 valence electrons. The van der Waals surface area contributed by atoms with Crippen LogP contribution in [0.4, 0.5) is 0 Å². The molecule has 0 aliphatic rings. The zero-order valence-electron chi connectivity index (χ0n) is 13.2. The zero-order valence-corrected chi connectivity index (χ0v) is 13.2. The Kier molecular flexibility index (Phi) is 5.32. The number of nitrogens with one attached hydrogen (secondary N) is 1. The second-order valence-corrected chi connectivity index (χ2v) is 5.52. The monoisotopic (exact) mass is 332 g/mol. The quantitative estimate of drug-likeness (QED) is 0.572. The van der Waals surface area contributed by atoms with Crippen LogP contribution in [0.15, 0.2) is 30.5 Å². The van der Waals surface area contributed by atoms with Crippen molar-refractivity contribution in [3.05, 3.63) is 36.0 Å². The number of aliphatic carboxylic acids is 1. The summed E-state index contributed by atoms with van der Waals surface area (Å²) in [6.07, 6.45) is 1.79. The number of hydrogen-bond donors (Lipinski definition) is 4. The largest absolute Gasteiger partial charge is 0.480 e. The topological polar surface area (TPSA) is 140 Å². The number of fused-ring (bicyclic) bond motifs is 1. The number of carbonyl (C=O) groups is 3. The lowest BCUT2D eigenvalue weighted by atomic mass is 10.0. The van der Waals surface area contributed by atoms with Crippen LogP contribution in [0.2, 0.25) is 0 Å². The first kappa shape index (κ1) is 17.6. The molecule has 0 fully saturated rings. The van der Waals surface area contributed by atoms with Crippen LogP contribution in [0, 0.1) is 0 Å². The van der Waals surface area contributed by atoms with Gasteiger partial charge in [-0.3, -0.25) is 19.0 Å². The zero-order chi connectivity index (χ0) is 17.9. The molecule has 0 radical (unpaired) electrons. The van der Waals surface area contributed by atoms with Gasteiger partial charge in [0.1, 0.15) is 6.04 Å². The average molecular weight is 332 g/mol. The number of nitrogens with zero attached hydrogens (tertiary/aromatic N) is 1. The van der Waals surface area contributed by atoms with Crippen molar-refractivity contribution in [2.75, 3.05) is 6.54 Å². The van der Waals surface area contributed by atoms with Gasteiger partial charge in [0.25, 0.3) is 0 Å². The van der Waals surface area contributed by atoms with Crippen molar-refractivity contribution >= 4 is 28.7 Å². The van der Waals surface area contributed by atoms with Crippen molar-refractivity contribution in [1.29, 1.82) is 0 Å². The number of para-hydroxylation sites is 1. The number of amides is 1. The van der Waals surface area contributed by atoms with Crippen LogP contribution < -0.4 is 16.8 Å². The third-order valence-electron chi connectivity index (χ3n) is 3.74. The number of carbonyl (C=O) groups excluding carboxylic acids is 2. The molecule has 24 heavy (non-hydrogen) atoms. The first-order valence-electron chi connectivity index (χ1n) is 7.46. The molecule has 0 spiro atoms. The molecule has 0 aliphatic carbocycles. The second-order valence-electron chi connectivity index (χ2n) is 5.52. The van der Waals surface area contributed by atoms with Crippen LogP contribution in [0.25, 0.3) is 10.9 Å². The molecule has 0 bridgehead atoms. The number of rotatable bonds is 6. The Morgan fingerprint density at radius 3 is 2.58 bits per heavy atom. The van der Waals surface area contributed by atoms with Gasteiger partial charge >= 0.3 is 5.97 Å². The molecule has 1 aromatic carbocycles. The third kappa shape index (κ3) is 3.61. The van der Waals surface area contributed by atoms with Crippen LogP contribution in [0.1, 0.15) is 17.3 Å². The van der Waals surface area contributed by atoms with Crippen molar-refractivity contribution in [3.8, 4) is 0 Å². The van der Waals surface area contributed by atoms with Crippen LogP contribution in [0.5, 0.6) is 0 Å². The number of carboxylic acids is 1. The van der Waals surface area contributed by atoms with E-state index in [0.29, 0.717) is 5.52 Å². The minimum absolute atomic E-state index is 0.138. The van der Waals surface area contributed by atoms with Gasteiger partial charge in [0, 0.05) is 11.6 Å². The van der Waals surface area contributed by atoms with E-state index in [0.717, 1.165) is 10.9 Å². The summed E-state index contributed by atoms with van der Waals surface area (Å²) in [5.41, 5.74) is 12.7. The Morgan fingerprint density at radius 1 is 1.29 bits per heavy atom. The lowest BCUT2D eigenvalue weighted by Gasteiger charge is -2.14. The van der Waals surface area contributed by atoms with Crippen LogP contribution >= 0.6 is 0 Å². The van der Waals surface area contributed by atoms with E-state index in [1.807, 2.05) is 12.1 Å². The maximum absolute atomic E-state index is 12.0. The molecule has 0 aliphatic heterocycles. The van der Waals surface area contributed by atoms with E-state index >= 15 is 0 Å². The first-order chi connectivity index (χ1) is 11.3. The van der Waals surface area contributed by atoms with E-state index in [1.165, 1.54) is 11.5 Å².